The topological polar surface area (TPSA) is 80.3 Å². The summed E-state index contributed by atoms with van der Waals surface area (Å²) in [4.78, 5) is 29.0. The maximum absolute atomic E-state index is 12.6. The van der Waals surface area contributed by atoms with Gasteiger partial charge in [0.15, 0.2) is 6.10 Å². The summed E-state index contributed by atoms with van der Waals surface area (Å²) in [5, 5.41) is 5.63. The number of rotatable bonds is 7. The highest BCUT2D eigenvalue weighted by atomic mass is 16.5. The summed E-state index contributed by atoms with van der Waals surface area (Å²) >= 11 is 0. The number of carbonyl (C=O) groups is 2. The smallest absolute Gasteiger partial charge is 0.265 e. The first-order valence-electron chi connectivity index (χ1n) is 9.82. The van der Waals surface area contributed by atoms with Gasteiger partial charge in [-0.15, -0.1) is 0 Å². The Morgan fingerprint density at radius 3 is 2.13 bits per heavy atom. The lowest BCUT2D eigenvalue weighted by atomic mass is 10.0. The lowest BCUT2D eigenvalue weighted by Crippen LogP contribution is -2.30. The van der Waals surface area contributed by atoms with Gasteiger partial charge in [0.25, 0.3) is 11.8 Å². The quantitative estimate of drug-likeness (QED) is 0.590. The lowest BCUT2D eigenvalue weighted by Gasteiger charge is -2.17. The fourth-order valence-corrected chi connectivity index (χ4v) is 2.82. The van der Waals surface area contributed by atoms with E-state index in [1.165, 1.54) is 11.8 Å². The van der Waals surface area contributed by atoms with Crippen molar-refractivity contribution < 1.29 is 14.3 Å². The van der Waals surface area contributed by atoms with Crippen LogP contribution in [0, 0.1) is 0 Å². The largest absolute Gasteiger partial charge is 0.481 e. The van der Waals surface area contributed by atoms with Gasteiger partial charge in [-0.2, -0.15) is 0 Å². The van der Waals surface area contributed by atoms with Gasteiger partial charge in [-0.05, 0) is 54.8 Å². The van der Waals surface area contributed by atoms with Crippen molar-refractivity contribution in [2.45, 2.75) is 32.8 Å². The van der Waals surface area contributed by atoms with E-state index in [0.717, 1.165) is 0 Å². The van der Waals surface area contributed by atoms with Crippen molar-refractivity contribution in [3.05, 3.63) is 84.2 Å². The van der Waals surface area contributed by atoms with E-state index in [1.54, 1.807) is 49.5 Å². The SMILES string of the molecule is CC(Oc1ccc(C(C)C)cc1)C(=O)Nc1ccccc1NC(=O)c1cccnc1. The van der Waals surface area contributed by atoms with Crippen LogP contribution in [0.4, 0.5) is 11.4 Å². The molecule has 0 aliphatic heterocycles. The first-order valence-corrected chi connectivity index (χ1v) is 9.82. The number of pyridine rings is 1. The van der Waals surface area contributed by atoms with Crippen LogP contribution in [0.5, 0.6) is 5.75 Å². The Morgan fingerprint density at radius 1 is 0.867 bits per heavy atom. The molecule has 2 N–H and O–H groups in total. The maximum Gasteiger partial charge on any atom is 0.265 e. The zero-order valence-electron chi connectivity index (χ0n) is 17.3. The van der Waals surface area contributed by atoms with E-state index in [4.69, 9.17) is 4.74 Å². The molecule has 0 fully saturated rings. The fraction of sp³-hybridized carbons (Fsp3) is 0.208. The third-order valence-corrected chi connectivity index (χ3v) is 4.59. The Kier molecular flexibility index (Phi) is 6.80. The monoisotopic (exact) mass is 403 g/mol. The van der Waals surface area contributed by atoms with Crippen LogP contribution in [0.15, 0.2) is 73.1 Å². The molecule has 3 rings (SSSR count). The van der Waals surface area contributed by atoms with E-state index in [9.17, 15) is 9.59 Å². The number of aromatic nitrogens is 1. The van der Waals surface area contributed by atoms with Gasteiger partial charge in [-0.25, -0.2) is 0 Å². The molecule has 0 bridgehead atoms. The summed E-state index contributed by atoms with van der Waals surface area (Å²) in [6, 6.07) is 18.1. The Balaban J connectivity index is 1.65. The van der Waals surface area contributed by atoms with Gasteiger partial charge >= 0.3 is 0 Å². The van der Waals surface area contributed by atoms with Crippen molar-refractivity contribution in [1.29, 1.82) is 0 Å². The molecule has 1 heterocycles. The summed E-state index contributed by atoms with van der Waals surface area (Å²) < 4.78 is 5.77. The average molecular weight is 403 g/mol. The van der Waals surface area contributed by atoms with Crippen molar-refractivity contribution in [3.63, 3.8) is 0 Å². The number of nitrogens with one attached hydrogen (secondary N) is 2. The van der Waals surface area contributed by atoms with E-state index in [1.807, 2.05) is 24.3 Å². The number of hydrogen-bond donors (Lipinski definition) is 2. The van der Waals surface area contributed by atoms with Crippen molar-refractivity contribution in [2.75, 3.05) is 10.6 Å². The number of benzene rings is 2. The van der Waals surface area contributed by atoms with Crippen LogP contribution in [-0.4, -0.2) is 22.9 Å². The number of anilines is 2. The normalized spacial score (nSPS) is 11.6. The number of hydrogen-bond acceptors (Lipinski definition) is 4. The maximum atomic E-state index is 12.6. The summed E-state index contributed by atoms with van der Waals surface area (Å²) in [5.41, 5.74) is 2.62. The Labute approximate surface area is 176 Å². The van der Waals surface area contributed by atoms with Crippen LogP contribution in [0.2, 0.25) is 0 Å². The van der Waals surface area contributed by atoms with Crippen LogP contribution in [0.3, 0.4) is 0 Å². The van der Waals surface area contributed by atoms with Crippen molar-refractivity contribution >= 4 is 23.2 Å². The van der Waals surface area contributed by atoms with E-state index >= 15 is 0 Å². The Hall–Kier alpha value is -3.67. The van der Waals surface area contributed by atoms with Crippen molar-refractivity contribution in [3.8, 4) is 5.75 Å². The molecule has 3 aromatic rings. The highest BCUT2D eigenvalue weighted by Gasteiger charge is 2.17. The average Bonchev–Trinajstić information content (AvgIpc) is 2.76. The molecule has 6 heteroatoms. The standard InChI is InChI=1S/C24H25N3O3/c1-16(2)18-10-12-20(13-11-18)30-17(3)23(28)26-21-8-4-5-9-22(21)27-24(29)19-7-6-14-25-15-19/h4-17H,1-3H3,(H,26,28)(H,27,29). The molecular weight excluding hydrogens is 378 g/mol. The van der Waals surface area contributed by atoms with Crippen molar-refractivity contribution in [2.24, 2.45) is 0 Å². The summed E-state index contributed by atoms with van der Waals surface area (Å²) in [6.45, 7) is 5.93. The van der Waals surface area contributed by atoms with Gasteiger partial charge in [0.1, 0.15) is 5.75 Å². The molecule has 2 amide bonds. The van der Waals surface area contributed by atoms with E-state index < -0.39 is 6.10 Å². The molecule has 0 spiro atoms. The minimum atomic E-state index is -0.711. The Bertz CT molecular complexity index is 1000. The molecule has 0 saturated carbocycles. The summed E-state index contributed by atoms with van der Waals surface area (Å²) in [7, 11) is 0. The molecular formula is C24H25N3O3. The number of amides is 2. The van der Waals surface area contributed by atoms with E-state index in [-0.39, 0.29) is 11.8 Å². The third kappa shape index (κ3) is 5.44. The zero-order valence-corrected chi connectivity index (χ0v) is 17.3. The minimum Gasteiger partial charge on any atom is -0.481 e. The molecule has 1 aromatic heterocycles. The molecule has 0 radical (unpaired) electrons. The third-order valence-electron chi connectivity index (χ3n) is 4.59. The molecule has 0 aliphatic carbocycles. The molecule has 30 heavy (non-hydrogen) atoms. The molecule has 1 unspecified atom stereocenters. The predicted molar refractivity (Wildman–Crippen MR) is 118 cm³/mol. The molecule has 0 aliphatic rings. The van der Waals surface area contributed by atoms with Gasteiger partial charge in [0.2, 0.25) is 0 Å². The van der Waals surface area contributed by atoms with Crippen LogP contribution in [0.25, 0.3) is 0 Å². The number of para-hydroxylation sites is 2. The van der Waals surface area contributed by atoms with Gasteiger partial charge in [0, 0.05) is 12.4 Å². The van der Waals surface area contributed by atoms with Crippen LogP contribution in [-0.2, 0) is 4.79 Å². The molecule has 154 valence electrons. The highest BCUT2D eigenvalue weighted by Crippen LogP contribution is 2.23. The first-order chi connectivity index (χ1) is 14.4. The van der Waals surface area contributed by atoms with Gasteiger partial charge in [0.05, 0.1) is 16.9 Å². The van der Waals surface area contributed by atoms with Gasteiger partial charge < -0.3 is 15.4 Å². The highest BCUT2D eigenvalue weighted by molar-refractivity contribution is 6.07. The summed E-state index contributed by atoms with van der Waals surface area (Å²) in [6.07, 6.45) is 2.37. The van der Waals surface area contributed by atoms with Gasteiger partial charge in [-0.1, -0.05) is 38.1 Å². The van der Waals surface area contributed by atoms with Gasteiger partial charge in [-0.3, -0.25) is 14.6 Å². The van der Waals surface area contributed by atoms with Crippen LogP contribution >= 0.6 is 0 Å². The van der Waals surface area contributed by atoms with Crippen LogP contribution in [0.1, 0.15) is 42.6 Å². The second kappa shape index (κ2) is 9.69. The molecule has 0 saturated heterocycles. The van der Waals surface area contributed by atoms with Crippen LogP contribution < -0.4 is 15.4 Å². The van der Waals surface area contributed by atoms with E-state index in [2.05, 4.69) is 29.5 Å². The predicted octanol–water partition coefficient (Wildman–Crippen LogP) is 4.86. The second-order valence-electron chi connectivity index (χ2n) is 7.21. The summed E-state index contributed by atoms with van der Waals surface area (Å²) in [5.74, 6) is 0.434. The molecule has 6 nitrogen and oxygen atoms in total. The molecule has 2 aromatic carbocycles. The number of carbonyl (C=O) groups excluding carboxylic acids is 2. The number of nitrogens with zero attached hydrogens (tertiary/aromatic N) is 1. The number of ether oxygens (including phenoxy) is 1. The van der Waals surface area contributed by atoms with Crippen molar-refractivity contribution in [1.82, 2.24) is 4.98 Å². The minimum absolute atomic E-state index is 0.306. The second-order valence-corrected chi connectivity index (χ2v) is 7.21. The fourth-order valence-electron chi connectivity index (χ4n) is 2.82. The zero-order chi connectivity index (χ0) is 21.5. The first kappa shape index (κ1) is 21.0. The lowest BCUT2D eigenvalue weighted by molar-refractivity contribution is -0.122. The molecule has 1 atom stereocenters. The Morgan fingerprint density at radius 2 is 1.53 bits per heavy atom. The van der Waals surface area contributed by atoms with E-state index in [0.29, 0.717) is 28.6 Å².